The smallest absolute Gasteiger partial charge is 0.246 e. The van der Waals surface area contributed by atoms with E-state index in [2.05, 4.69) is 5.10 Å². The molecule has 3 heterocycles. The molecule has 0 aliphatic carbocycles. The normalized spacial score (nSPS) is 26.5. The Morgan fingerprint density at radius 3 is 2.91 bits per heavy atom. The zero-order valence-corrected chi connectivity index (χ0v) is 13.8. The van der Waals surface area contributed by atoms with Gasteiger partial charge in [0.05, 0.1) is 6.20 Å². The Morgan fingerprint density at radius 2 is 2.18 bits per heavy atom. The number of nitrogens with zero attached hydrogens (tertiary/aromatic N) is 4. The van der Waals surface area contributed by atoms with Gasteiger partial charge in [0.15, 0.2) is 0 Å². The number of sulfonamides is 1. The van der Waals surface area contributed by atoms with Crippen LogP contribution in [-0.2, 0) is 21.4 Å². The second kappa shape index (κ2) is 5.66. The highest BCUT2D eigenvalue weighted by Gasteiger charge is 2.43. The average molecular weight is 326 g/mol. The van der Waals surface area contributed by atoms with Gasteiger partial charge >= 0.3 is 0 Å². The fourth-order valence-electron chi connectivity index (χ4n) is 3.45. The lowest BCUT2D eigenvalue weighted by atomic mass is 9.94. The first-order valence-corrected chi connectivity index (χ1v) is 9.15. The molecule has 8 heteroatoms. The number of hydrogen-bond acceptors (Lipinski definition) is 4. The van der Waals surface area contributed by atoms with Crippen LogP contribution in [-0.4, -0.2) is 59.5 Å². The molecule has 22 heavy (non-hydrogen) atoms. The van der Waals surface area contributed by atoms with Crippen molar-refractivity contribution in [1.82, 2.24) is 19.0 Å². The summed E-state index contributed by atoms with van der Waals surface area (Å²) in [4.78, 5) is 13.8. The molecular weight excluding hydrogens is 304 g/mol. The van der Waals surface area contributed by atoms with E-state index in [0.717, 1.165) is 6.42 Å². The molecule has 1 amide bonds. The summed E-state index contributed by atoms with van der Waals surface area (Å²) in [7, 11) is -1.70. The van der Waals surface area contributed by atoms with Gasteiger partial charge in [-0.15, -0.1) is 0 Å². The number of piperidine rings is 1. The van der Waals surface area contributed by atoms with Gasteiger partial charge in [-0.25, -0.2) is 8.42 Å². The van der Waals surface area contributed by atoms with Crippen LogP contribution in [0.2, 0.25) is 0 Å². The fraction of sp³-hybridized carbons (Fsp3) is 0.714. The van der Waals surface area contributed by atoms with Gasteiger partial charge in [-0.05, 0) is 12.8 Å². The van der Waals surface area contributed by atoms with Crippen molar-refractivity contribution in [3.63, 3.8) is 0 Å². The molecule has 0 spiro atoms. The third kappa shape index (κ3) is 2.54. The van der Waals surface area contributed by atoms with Gasteiger partial charge < -0.3 is 4.90 Å². The van der Waals surface area contributed by atoms with Gasteiger partial charge in [0.1, 0.15) is 4.90 Å². The molecule has 1 aromatic heterocycles. The molecule has 0 N–H and O–H groups in total. The predicted octanol–water partition coefficient (Wildman–Crippen LogP) is 0.534. The molecule has 0 saturated carbocycles. The lowest BCUT2D eigenvalue weighted by Gasteiger charge is -2.35. The van der Waals surface area contributed by atoms with Gasteiger partial charge in [-0.2, -0.15) is 9.40 Å². The Kier molecular flexibility index (Phi) is 3.98. The summed E-state index contributed by atoms with van der Waals surface area (Å²) in [5, 5.41) is 4.11. The Morgan fingerprint density at radius 1 is 1.41 bits per heavy atom. The van der Waals surface area contributed by atoms with Crippen molar-refractivity contribution in [2.24, 2.45) is 5.92 Å². The van der Waals surface area contributed by atoms with Crippen molar-refractivity contribution in [3.05, 3.63) is 12.4 Å². The number of carbonyl (C=O) groups is 1. The van der Waals surface area contributed by atoms with E-state index < -0.39 is 10.0 Å². The summed E-state index contributed by atoms with van der Waals surface area (Å²) in [5.41, 5.74) is 0. The van der Waals surface area contributed by atoms with Crippen molar-refractivity contribution in [1.29, 1.82) is 0 Å². The van der Waals surface area contributed by atoms with Crippen LogP contribution in [0.4, 0.5) is 0 Å². The molecule has 0 aromatic carbocycles. The molecule has 2 aliphatic rings. The Balaban J connectivity index is 1.77. The number of fused-ring (bicyclic) bond motifs is 1. The lowest BCUT2D eigenvalue weighted by molar-refractivity contribution is -0.127. The molecule has 1 aromatic rings. The topological polar surface area (TPSA) is 75.5 Å². The Bertz CT molecular complexity index is 669. The van der Waals surface area contributed by atoms with Crippen molar-refractivity contribution < 1.29 is 13.2 Å². The predicted molar refractivity (Wildman–Crippen MR) is 80.6 cm³/mol. The number of likely N-dealkylation sites (tertiary alicyclic amines) is 1. The highest BCUT2D eigenvalue weighted by atomic mass is 32.2. The van der Waals surface area contributed by atoms with Crippen LogP contribution >= 0.6 is 0 Å². The van der Waals surface area contributed by atoms with Crippen LogP contribution in [0.15, 0.2) is 17.3 Å². The second-order valence-corrected chi connectivity index (χ2v) is 8.06. The summed E-state index contributed by atoms with van der Waals surface area (Å²) in [6, 6.07) is 0.182. The summed E-state index contributed by atoms with van der Waals surface area (Å²) in [6.45, 7) is 3.61. The number of aryl methyl sites for hydroxylation is 1. The summed E-state index contributed by atoms with van der Waals surface area (Å²) < 4.78 is 28.6. The summed E-state index contributed by atoms with van der Waals surface area (Å²) in [6.07, 6.45) is 5.07. The van der Waals surface area contributed by atoms with E-state index in [1.54, 1.807) is 15.8 Å². The zero-order chi connectivity index (χ0) is 15.9. The first-order chi connectivity index (χ1) is 10.4. The number of hydrogen-bond donors (Lipinski definition) is 0. The molecule has 0 radical (unpaired) electrons. The Hall–Kier alpha value is -1.41. The van der Waals surface area contributed by atoms with Gasteiger partial charge in [-0.3, -0.25) is 9.48 Å². The summed E-state index contributed by atoms with van der Waals surface area (Å²) in [5.74, 6) is 0.219. The van der Waals surface area contributed by atoms with E-state index in [1.165, 1.54) is 10.5 Å². The van der Waals surface area contributed by atoms with E-state index in [-0.39, 0.29) is 22.8 Å². The second-order valence-electron chi connectivity index (χ2n) is 6.13. The van der Waals surface area contributed by atoms with Crippen molar-refractivity contribution in [2.45, 2.75) is 43.7 Å². The highest BCUT2D eigenvalue weighted by Crippen LogP contribution is 2.33. The number of amides is 1. The van der Waals surface area contributed by atoms with Crippen LogP contribution < -0.4 is 0 Å². The lowest BCUT2D eigenvalue weighted by Crippen LogP contribution is -2.47. The third-order valence-corrected chi connectivity index (χ3v) is 6.50. The SMILES string of the molecule is CCCn1cc(S(=O)(=O)N2CC[C@H]3[C@H](CC(=O)N3C)C2)cn1. The first-order valence-electron chi connectivity index (χ1n) is 7.71. The van der Waals surface area contributed by atoms with Crippen LogP contribution in [0.1, 0.15) is 26.2 Å². The van der Waals surface area contributed by atoms with Gasteiger partial charge in [0.2, 0.25) is 15.9 Å². The molecule has 7 nitrogen and oxygen atoms in total. The molecule has 2 atom stereocenters. The van der Waals surface area contributed by atoms with Crippen LogP contribution in [0, 0.1) is 5.92 Å². The van der Waals surface area contributed by atoms with Crippen molar-refractivity contribution in [3.8, 4) is 0 Å². The Labute approximate surface area is 130 Å². The monoisotopic (exact) mass is 326 g/mol. The fourth-order valence-corrected chi connectivity index (χ4v) is 4.91. The number of rotatable bonds is 4. The van der Waals surface area contributed by atoms with Crippen LogP contribution in [0.5, 0.6) is 0 Å². The average Bonchev–Trinajstić information content (AvgIpc) is 3.06. The molecule has 2 aliphatic heterocycles. The van der Waals surface area contributed by atoms with E-state index in [0.29, 0.717) is 32.5 Å². The van der Waals surface area contributed by atoms with Gasteiger partial charge in [0.25, 0.3) is 0 Å². The zero-order valence-electron chi connectivity index (χ0n) is 13.0. The van der Waals surface area contributed by atoms with Gasteiger partial charge in [0, 0.05) is 51.3 Å². The maximum atomic E-state index is 12.7. The molecule has 122 valence electrons. The van der Waals surface area contributed by atoms with Gasteiger partial charge in [-0.1, -0.05) is 6.92 Å². The molecule has 0 bridgehead atoms. The maximum absolute atomic E-state index is 12.7. The first kappa shape index (κ1) is 15.5. The molecule has 3 rings (SSSR count). The molecule has 2 fully saturated rings. The number of aromatic nitrogens is 2. The van der Waals surface area contributed by atoms with Crippen molar-refractivity contribution >= 4 is 15.9 Å². The largest absolute Gasteiger partial charge is 0.342 e. The highest BCUT2D eigenvalue weighted by molar-refractivity contribution is 7.89. The van der Waals surface area contributed by atoms with Crippen molar-refractivity contribution in [2.75, 3.05) is 20.1 Å². The molecule has 0 unspecified atom stereocenters. The molecule has 2 saturated heterocycles. The minimum atomic E-state index is -3.51. The standard InChI is InChI=1S/C14H22N4O3S/c1-3-5-17-10-12(8-15-17)22(20,21)18-6-4-13-11(9-18)7-14(19)16(13)2/h8,10-11,13H,3-7,9H2,1-2H3/t11-,13+/m1/s1. The van der Waals surface area contributed by atoms with Crippen LogP contribution in [0.25, 0.3) is 0 Å². The quantitative estimate of drug-likeness (QED) is 0.809. The molecular formula is C14H22N4O3S. The van der Waals surface area contributed by atoms with E-state index in [4.69, 9.17) is 0 Å². The van der Waals surface area contributed by atoms with E-state index >= 15 is 0 Å². The van der Waals surface area contributed by atoms with E-state index in [9.17, 15) is 13.2 Å². The summed E-state index contributed by atoms with van der Waals surface area (Å²) >= 11 is 0. The third-order valence-electron chi connectivity index (χ3n) is 4.68. The number of carbonyl (C=O) groups excluding carboxylic acids is 1. The van der Waals surface area contributed by atoms with E-state index in [1.807, 2.05) is 14.0 Å². The van der Waals surface area contributed by atoms with Crippen LogP contribution in [0.3, 0.4) is 0 Å². The minimum absolute atomic E-state index is 0.103. The maximum Gasteiger partial charge on any atom is 0.246 e. The minimum Gasteiger partial charge on any atom is -0.342 e.